The highest BCUT2D eigenvalue weighted by Crippen LogP contribution is 2.20. The Labute approximate surface area is 132 Å². The second-order valence-corrected chi connectivity index (χ2v) is 5.57. The summed E-state index contributed by atoms with van der Waals surface area (Å²) in [7, 11) is 0. The summed E-state index contributed by atoms with van der Waals surface area (Å²) in [5, 5.41) is 6.84. The fourth-order valence-electron chi connectivity index (χ4n) is 2.09. The van der Waals surface area contributed by atoms with E-state index in [1.807, 2.05) is 43.3 Å². The van der Waals surface area contributed by atoms with Crippen molar-refractivity contribution in [1.82, 2.24) is 15.5 Å². The Morgan fingerprint density at radius 3 is 2.91 bits per heavy atom. The molecule has 3 aromatic rings. The zero-order chi connectivity index (χ0) is 15.4. The summed E-state index contributed by atoms with van der Waals surface area (Å²) in [6.07, 6.45) is 0.744. The van der Waals surface area contributed by atoms with Gasteiger partial charge in [0.15, 0.2) is 5.76 Å². The van der Waals surface area contributed by atoms with Gasteiger partial charge in [-0.15, -0.1) is 11.3 Å². The maximum absolute atomic E-state index is 12.1. The van der Waals surface area contributed by atoms with Crippen molar-refractivity contribution in [3.05, 3.63) is 58.2 Å². The number of carbonyl (C=O) groups is 1. The molecule has 0 fully saturated rings. The van der Waals surface area contributed by atoms with Crippen LogP contribution in [0.3, 0.4) is 0 Å². The average Bonchev–Trinajstić information content (AvgIpc) is 3.22. The zero-order valence-corrected chi connectivity index (χ0v) is 12.9. The number of hydrogen-bond acceptors (Lipinski definition) is 5. The van der Waals surface area contributed by atoms with E-state index in [9.17, 15) is 4.79 Å². The Kier molecular flexibility index (Phi) is 4.29. The van der Waals surface area contributed by atoms with E-state index < -0.39 is 0 Å². The third-order valence-corrected chi connectivity index (χ3v) is 4.10. The maximum atomic E-state index is 12.1. The molecule has 0 unspecified atom stereocenters. The van der Waals surface area contributed by atoms with Crippen LogP contribution in [0, 0.1) is 0 Å². The van der Waals surface area contributed by atoms with Crippen molar-refractivity contribution < 1.29 is 9.32 Å². The Bertz CT molecular complexity index is 765. The molecule has 0 saturated carbocycles. The Hall–Kier alpha value is -2.47. The monoisotopic (exact) mass is 313 g/mol. The van der Waals surface area contributed by atoms with E-state index in [4.69, 9.17) is 4.52 Å². The predicted molar refractivity (Wildman–Crippen MR) is 84.6 cm³/mol. The van der Waals surface area contributed by atoms with Gasteiger partial charge in [-0.3, -0.25) is 4.79 Å². The first-order valence-electron chi connectivity index (χ1n) is 6.99. The Morgan fingerprint density at radius 2 is 2.14 bits per heavy atom. The fraction of sp³-hybridized carbons (Fsp3) is 0.188. The van der Waals surface area contributed by atoms with E-state index in [0.29, 0.717) is 22.9 Å². The molecule has 0 radical (unpaired) electrons. The molecule has 0 saturated heterocycles. The van der Waals surface area contributed by atoms with Crippen LogP contribution < -0.4 is 5.32 Å². The number of nitrogens with one attached hydrogen (secondary N) is 1. The number of hydrogen-bond donors (Lipinski definition) is 1. The SMILES string of the molecule is CCc1ncsc1C(=O)NCc1cc(-c2ccccc2)on1. The highest BCUT2D eigenvalue weighted by molar-refractivity contribution is 7.11. The van der Waals surface area contributed by atoms with Gasteiger partial charge in [0, 0.05) is 11.6 Å². The normalized spacial score (nSPS) is 10.6. The molecule has 6 heteroatoms. The number of rotatable bonds is 5. The van der Waals surface area contributed by atoms with E-state index >= 15 is 0 Å². The molecule has 2 heterocycles. The van der Waals surface area contributed by atoms with Crippen LogP contribution in [-0.2, 0) is 13.0 Å². The van der Waals surface area contributed by atoms with Gasteiger partial charge in [-0.1, -0.05) is 42.4 Å². The molecule has 0 aliphatic rings. The van der Waals surface area contributed by atoms with Crippen LogP contribution in [0.1, 0.15) is 28.0 Å². The molecule has 2 aromatic heterocycles. The van der Waals surface area contributed by atoms with Crippen molar-refractivity contribution in [2.24, 2.45) is 0 Å². The molecule has 1 N–H and O–H groups in total. The molecule has 0 aliphatic carbocycles. The Morgan fingerprint density at radius 1 is 1.32 bits per heavy atom. The van der Waals surface area contributed by atoms with E-state index in [2.05, 4.69) is 15.5 Å². The number of nitrogens with zero attached hydrogens (tertiary/aromatic N) is 2. The van der Waals surface area contributed by atoms with Gasteiger partial charge in [0.1, 0.15) is 10.6 Å². The molecule has 1 aromatic carbocycles. The highest BCUT2D eigenvalue weighted by atomic mass is 32.1. The third kappa shape index (κ3) is 3.07. The molecule has 0 atom stereocenters. The lowest BCUT2D eigenvalue weighted by molar-refractivity contribution is 0.0953. The van der Waals surface area contributed by atoms with Gasteiger partial charge in [0.05, 0.1) is 17.7 Å². The summed E-state index contributed by atoms with van der Waals surface area (Å²) in [6.45, 7) is 2.31. The first kappa shape index (κ1) is 14.5. The second-order valence-electron chi connectivity index (χ2n) is 4.71. The molecule has 5 nitrogen and oxygen atoms in total. The molecule has 112 valence electrons. The van der Waals surface area contributed by atoms with Gasteiger partial charge in [0.25, 0.3) is 5.91 Å². The Balaban J connectivity index is 1.65. The number of carbonyl (C=O) groups excluding carboxylic acids is 1. The number of benzene rings is 1. The van der Waals surface area contributed by atoms with Gasteiger partial charge < -0.3 is 9.84 Å². The molecule has 1 amide bonds. The van der Waals surface area contributed by atoms with Crippen LogP contribution in [0.4, 0.5) is 0 Å². The molecule has 3 rings (SSSR count). The van der Waals surface area contributed by atoms with E-state index in [1.165, 1.54) is 11.3 Å². The van der Waals surface area contributed by atoms with Gasteiger partial charge >= 0.3 is 0 Å². The van der Waals surface area contributed by atoms with Gasteiger partial charge in [-0.05, 0) is 6.42 Å². The minimum Gasteiger partial charge on any atom is -0.356 e. The molecule has 0 bridgehead atoms. The number of amides is 1. The van der Waals surface area contributed by atoms with Gasteiger partial charge in [-0.25, -0.2) is 4.98 Å². The lowest BCUT2D eigenvalue weighted by Crippen LogP contribution is -2.23. The molecular weight excluding hydrogens is 298 g/mol. The predicted octanol–water partition coefficient (Wildman–Crippen LogP) is 3.29. The van der Waals surface area contributed by atoms with Gasteiger partial charge in [-0.2, -0.15) is 0 Å². The van der Waals surface area contributed by atoms with Crippen molar-refractivity contribution in [3.63, 3.8) is 0 Å². The summed E-state index contributed by atoms with van der Waals surface area (Å²) in [4.78, 5) is 17.0. The zero-order valence-electron chi connectivity index (χ0n) is 12.1. The van der Waals surface area contributed by atoms with Crippen molar-refractivity contribution in [2.45, 2.75) is 19.9 Å². The van der Waals surface area contributed by atoms with Crippen LogP contribution >= 0.6 is 11.3 Å². The van der Waals surface area contributed by atoms with E-state index in [-0.39, 0.29) is 5.91 Å². The summed E-state index contributed by atoms with van der Waals surface area (Å²) < 4.78 is 5.31. The van der Waals surface area contributed by atoms with E-state index in [1.54, 1.807) is 5.51 Å². The van der Waals surface area contributed by atoms with Gasteiger partial charge in [0.2, 0.25) is 0 Å². The molecule has 0 spiro atoms. The lowest BCUT2D eigenvalue weighted by Gasteiger charge is -2.01. The minimum atomic E-state index is -0.122. The third-order valence-electron chi connectivity index (χ3n) is 3.23. The maximum Gasteiger partial charge on any atom is 0.263 e. The minimum absolute atomic E-state index is 0.122. The summed E-state index contributed by atoms with van der Waals surface area (Å²) >= 11 is 1.35. The fourth-order valence-corrected chi connectivity index (χ4v) is 2.89. The summed E-state index contributed by atoms with van der Waals surface area (Å²) in [6, 6.07) is 11.6. The number of aryl methyl sites for hydroxylation is 1. The average molecular weight is 313 g/mol. The van der Waals surface area contributed by atoms with Crippen molar-refractivity contribution >= 4 is 17.2 Å². The van der Waals surface area contributed by atoms with Crippen molar-refractivity contribution in [1.29, 1.82) is 0 Å². The quantitative estimate of drug-likeness (QED) is 0.785. The number of thiazole rings is 1. The molecule has 0 aliphatic heterocycles. The van der Waals surface area contributed by atoms with Crippen LogP contribution in [0.5, 0.6) is 0 Å². The van der Waals surface area contributed by atoms with Crippen molar-refractivity contribution in [2.75, 3.05) is 0 Å². The van der Waals surface area contributed by atoms with Crippen LogP contribution in [0.15, 0.2) is 46.4 Å². The van der Waals surface area contributed by atoms with Crippen LogP contribution in [-0.4, -0.2) is 16.0 Å². The van der Waals surface area contributed by atoms with Crippen LogP contribution in [0.25, 0.3) is 11.3 Å². The largest absolute Gasteiger partial charge is 0.356 e. The second kappa shape index (κ2) is 6.53. The first-order chi connectivity index (χ1) is 10.8. The van der Waals surface area contributed by atoms with Crippen LogP contribution in [0.2, 0.25) is 0 Å². The topological polar surface area (TPSA) is 68.0 Å². The summed E-state index contributed by atoms with van der Waals surface area (Å²) in [5.41, 5.74) is 4.17. The number of aromatic nitrogens is 2. The first-order valence-corrected chi connectivity index (χ1v) is 7.87. The molecular formula is C16H15N3O2S. The lowest BCUT2D eigenvalue weighted by atomic mass is 10.1. The highest BCUT2D eigenvalue weighted by Gasteiger charge is 2.14. The van der Waals surface area contributed by atoms with E-state index in [0.717, 1.165) is 17.7 Å². The van der Waals surface area contributed by atoms with Crippen molar-refractivity contribution in [3.8, 4) is 11.3 Å². The molecule has 22 heavy (non-hydrogen) atoms. The standard InChI is InChI=1S/C16H15N3O2S/c1-2-13-15(22-10-18-13)16(20)17-9-12-8-14(21-19-12)11-6-4-3-5-7-11/h3-8,10H,2,9H2,1H3,(H,17,20). The summed E-state index contributed by atoms with van der Waals surface area (Å²) in [5.74, 6) is 0.570. The smallest absolute Gasteiger partial charge is 0.263 e.